The Labute approximate surface area is 170 Å². The predicted molar refractivity (Wildman–Crippen MR) is 106 cm³/mol. The molecule has 4 aromatic rings. The molecule has 0 atom stereocenters. The molecule has 0 radical (unpaired) electrons. The fourth-order valence-corrected chi connectivity index (χ4v) is 3.82. The maximum absolute atomic E-state index is 13.5. The van der Waals surface area contributed by atoms with Crippen LogP contribution >= 0.6 is 0 Å². The van der Waals surface area contributed by atoms with Gasteiger partial charge in [-0.2, -0.15) is 8.42 Å². The van der Waals surface area contributed by atoms with Crippen LogP contribution in [-0.2, 0) is 10.1 Å². The third kappa shape index (κ3) is 3.93. The summed E-state index contributed by atoms with van der Waals surface area (Å²) in [6.07, 6.45) is 2.39. The predicted octanol–water partition coefficient (Wildman–Crippen LogP) is 4.40. The first-order valence-electron chi connectivity index (χ1n) is 8.63. The Bertz CT molecular complexity index is 1310. The van der Waals surface area contributed by atoms with E-state index in [0.29, 0.717) is 22.3 Å². The van der Waals surface area contributed by atoms with Gasteiger partial charge >= 0.3 is 0 Å². The third-order valence-corrected chi connectivity index (χ3v) is 5.31. The first kappa shape index (κ1) is 19.7. The van der Waals surface area contributed by atoms with E-state index in [9.17, 15) is 21.8 Å². The van der Waals surface area contributed by atoms with Gasteiger partial charge in [0.2, 0.25) is 0 Å². The molecule has 1 heterocycles. The van der Waals surface area contributed by atoms with Crippen molar-refractivity contribution in [3.8, 4) is 33.6 Å². The lowest BCUT2D eigenvalue weighted by Gasteiger charge is -2.15. The van der Waals surface area contributed by atoms with E-state index in [2.05, 4.69) is 15.0 Å². The summed E-state index contributed by atoms with van der Waals surface area (Å²) < 4.78 is 61.3. The molecule has 0 saturated carbocycles. The summed E-state index contributed by atoms with van der Waals surface area (Å²) >= 11 is 0. The lowest BCUT2D eigenvalue weighted by Crippen LogP contribution is -2.05. The Morgan fingerprint density at radius 2 is 1.27 bits per heavy atom. The van der Waals surface area contributed by atoms with Gasteiger partial charge in [0.05, 0.1) is 0 Å². The number of nitrogens with zero attached hydrogens (tertiary/aromatic N) is 3. The summed E-state index contributed by atoms with van der Waals surface area (Å²) in [5, 5.41) is 0. The van der Waals surface area contributed by atoms with Gasteiger partial charge in [-0.3, -0.25) is 4.55 Å². The van der Waals surface area contributed by atoms with Gasteiger partial charge in [-0.15, -0.1) is 0 Å². The third-order valence-electron chi connectivity index (χ3n) is 4.43. The van der Waals surface area contributed by atoms with Crippen LogP contribution in [0.5, 0.6) is 0 Å². The highest BCUT2D eigenvalue weighted by Crippen LogP contribution is 2.39. The fraction of sp³-hybridized carbons (Fsp3) is 0. The molecule has 150 valence electrons. The van der Waals surface area contributed by atoms with Crippen LogP contribution in [0.4, 0.5) is 8.78 Å². The zero-order valence-electron chi connectivity index (χ0n) is 15.2. The molecule has 9 heteroatoms. The van der Waals surface area contributed by atoms with Crippen LogP contribution in [0.1, 0.15) is 0 Å². The maximum Gasteiger partial charge on any atom is 0.295 e. The van der Waals surface area contributed by atoms with Gasteiger partial charge < -0.3 is 0 Å². The molecule has 0 bridgehead atoms. The summed E-state index contributed by atoms with van der Waals surface area (Å²) in [4.78, 5) is 11.3. The molecule has 30 heavy (non-hydrogen) atoms. The number of rotatable bonds is 4. The number of hydrogen-bond donors (Lipinski definition) is 1. The van der Waals surface area contributed by atoms with E-state index in [4.69, 9.17) is 0 Å². The second-order valence-electron chi connectivity index (χ2n) is 6.35. The van der Waals surface area contributed by atoms with Crippen LogP contribution in [0.3, 0.4) is 0 Å². The fourth-order valence-electron chi connectivity index (χ4n) is 3.08. The van der Waals surface area contributed by atoms with E-state index in [1.807, 2.05) is 0 Å². The normalized spacial score (nSPS) is 11.4. The molecule has 6 nitrogen and oxygen atoms in total. The average Bonchev–Trinajstić information content (AvgIpc) is 2.74. The van der Waals surface area contributed by atoms with Crippen LogP contribution in [0.15, 0.2) is 78.2 Å². The van der Waals surface area contributed by atoms with Gasteiger partial charge in [0, 0.05) is 5.56 Å². The van der Waals surface area contributed by atoms with Gasteiger partial charge in [0.1, 0.15) is 29.2 Å². The second-order valence-corrected chi connectivity index (χ2v) is 7.74. The van der Waals surface area contributed by atoms with Crippen molar-refractivity contribution in [1.82, 2.24) is 15.0 Å². The zero-order valence-corrected chi connectivity index (χ0v) is 16.0. The summed E-state index contributed by atoms with van der Waals surface area (Å²) in [7, 11) is -4.71. The second kappa shape index (κ2) is 7.69. The molecule has 0 aliphatic heterocycles. The smallest absolute Gasteiger partial charge is 0.282 e. The van der Waals surface area contributed by atoms with E-state index >= 15 is 0 Å². The Morgan fingerprint density at radius 3 is 1.80 bits per heavy atom. The van der Waals surface area contributed by atoms with Gasteiger partial charge in [-0.1, -0.05) is 24.3 Å². The Kier molecular flexibility index (Phi) is 5.06. The van der Waals surface area contributed by atoms with Crippen LogP contribution in [0.2, 0.25) is 0 Å². The lowest BCUT2D eigenvalue weighted by atomic mass is 9.94. The van der Waals surface area contributed by atoms with Crippen molar-refractivity contribution in [1.29, 1.82) is 0 Å². The number of aromatic nitrogens is 3. The molecule has 0 saturated heterocycles. The van der Waals surface area contributed by atoms with Gasteiger partial charge in [-0.05, 0) is 58.7 Å². The maximum atomic E-state index is 13.5. The first-order chi connectivity index (χ1) is 14.3. The molecule has 0 aliphatic carbocycles. The van der Waals surface area contributed by atoms with Crippen LogP contribution in [-0.4, -0.2) is 27.9 Å². The molecule has 1 aromatic heterocycles. The Hall–Kier alpha value is -3.56. The SMILES string of the molecule is O=S(=O)(O)c1cc(-c2ccc(F)cc2)cc(-c2ccc(F)cc2)c1-c1ncncn1. The highest BCUT2D eigenvalue weighted by molar-refractivity contribution is 7.86. The summed E-state index contributed by atoms with van der Waals surface area (Å²) in [5.41, 5.74) is 1.78. The highest BCUT2D eigenvalue weighted by Gasteiger charge is 2.24. The zero-order chi connectivity index (χ0) is 21.3. The van der Waals surface area contributed by atoms with Crippen molar-refractivity contribution in [3.05, 3.63) is 85.0 Å². The minimum Gasteiger partial charge on any atom is -0.282 e. The quantitative estimate of drug-likeness (QED) is 0.487. The summed E-state index contributed by atoms with van der Waals surface area (Å²) in [5.74, 6) is -0.901. The van der Waals surface area contributed by atoms with Crippen molar-refractivity contribution in [2.75, 3.05) is 0 Å². The number of halogens is 2. The molecular weight excluding hydrogens is 412 g/mol. The minimum absolute atomic E-state index is 0.0163. The molecular formula is C21H13F2N3O3S. The molecule has 0 spiro atoms. The molecule has 1 N–H and O–H groups in total. The Balaban J connectivity index is 2.09. The molecule has 0 aliphatic rings. The molecule has 0 fully saturated rings. The Morgan fingerprint density at radius 1 is 0.733 bits per heavy atom. The van der Waals surface area contributed by atoms with E-state index in [0.717, 1.165) is 0 Å². The highest BCUT2D eigenvalue weighted by atomic mass is 32.2. The summed E-state index contributed by atoms with van der Waals surface area (Å²) in [6, 6.07) is 13.7. The summed E-state index contributed by atoms with van der Waals surface area (Å²) in [6.45, 7) is 0. The first-order valence-corrected chi connectivity index (χ1v) is 10.1. The van der Waals surface area contributed by atoms with Gasteiger partial charge in [-0.25, -0.2) is 23.7 Å². The largest absolute Gasteiger partial charge is 0.295 e. The van der Waals surface area contributed by atoms with E-state index in [1.165, 1.54) is 67.3 Å². The van der Waals surface area contributed by atoms with E-state index in [-0.39, 0.29) is 11.4 Å². The number of hydrogen-bond acceptors (Lipinski definition) is 5. The minimum atomic E-state index is -4.71. The van der Waals surface area contributed by atoms with Crippen molar-refractivity contribution in [2.45, 2.75) is 4.90 Å². The van der Waals surface area contributed by atoms with Gasteiger partial charge in [0.25, 0.3) is 10.1 Å². The molecule has 3 aromatic carbocycles. The monoisotopic (exact) mass is 425 g/mol. The van der Waals surface area contributed by atoms with E-state index in [1.54, 1.807) is 6.07 Å². The number of benzene rings is 3. The van der Waals surface area contributed by atoms with Crippen molar-refractivity contribution < 1.29 is 21.8 Å². The molecule has 4 rings (SSSR count). The lowest BCUT2D eigenvalue weighted by molar-refractivity contribution is 0.483. The van der Waals surface area contributed by atoms with Crippen LogP contribution in [0, 0.1) is 11.6 Å². The van der Waals surface area contributed by atoms with E-state index < -0.39 is 26.6 Å². The standard InChI is InChI=1S/C21H13F2N3O3S/c22-16-5-1-13(2-6-16)15-9-18(14-3-7-17(23)8-4-14)20(19(10-15)30(27,28)29)21-25-11-24-12-26-21/h1-12H,(H,27,28,29). The average molecular weight is 425 g/mol. The van der Waals surface area contributed by atoms with Crippen molar-refractivity contribution in [3.63, 3.8) is 0 Å². The molecule has 0 unspecified atom stereocenters. The van der Waals surface area contributed by atoms with Crippen LogP contribution in [0.25, 0.3) is 33.6 Å². The topological polar surface area (TPSA) is 93.0 Å². The van der Waals surface area contributed by atoms with Gasteiger partial charge in [0.15, 0.2) is 5.82 Å². The van der Waals surface area contributed by atoms with Crippen molar-refractivity contribution in [2.24, 2.45) is 0 Å². The van der Waals surface area contributed by atoms with Crippen molar-refractivity contribution >= 4 is 10.1 Å². The van der Waals surface area contributed by atoms with Crippen LogP contribution < -0.4 is 0 Å². The molecule has 0 amide bonds.